The van der Waals surface area contributed by atoms with Crippen LogP contribution in [-0.4, -0.2) is 17.3 Å². The van der Waals surface area contributed by atoms with Crippen molar-refractivity contribution in [3.05, 3.63) is 34.9 Å². The van der Waals surface area contributed by atoms with Crippen molar-refractivity contribution in [3.63, 3.8) is 0 Å². The number of fused-ring (bicyclic) bond motifs is 1. The Morgan fingerprint density at radius 2 is 1.95 bits per heavy atom. The van der Waals surface area contributed by atoms with Crippen LogP contribution in [0.4, 0.5) is 0 Å². The van der Waals surface area contributed by atoms with Crippen LogP contribution >= 0.6 is 11.6 Å². The number of carbonyl (C=O) groups excluding carboxylic acids is 1. The van der Waals surface area contributed by atoms with Crippen molar-refractivity contribution >= 4 is 17.5 Å². The van der Waals surface area contributed by atoms with Gasteiger partial charge in [0.15, 0.2) is 0 Å². The summed E-state index contributed by atoms with van der Waals surface area (Å²) in [6, 6.07) is 6.07. The molecule has 1 amide bonds. The number of rotatable bonds is 5. The number of carbonyl (C=O) groups is 1. The standard InChI is InChI=1S/C16H22ClNO/c1-3-16(4-2,11-17)18-15(19)14-9-8-12-6-5-7-13(12)10-14/h8-10H,3-7,11H2,1-2H3,(H,18,19). The lowest BCUT2D eigenvalue weighted by Crippen LogP contribution is -2.49. The highest BCUT2D eigenvalue weighted by Crippen LogP contribution is 2.24. The molecule has 0 radical (unpaired) electrons. The Kier molecular flexibility index (Phi) is 4.51. The van der Waals surface area contributed by atoms with E-state index in [1.807, 2.05) is 12.1 Å². The molecule has 1 aliphatic rings. The number of aryl methyl sites for hydroxylation is 2. The quantitative estimate of drug-likeness (QED) is 0.818. The molecule has 0 heterocycles. The summed E-state index contributed by atoms with van der Waals surface area (Å²) >= 11 is 6.04. The van der Waals surface area contributed by atoms with Gasteiger partial charge in [0.1, 0.15) is 0 Å². The summed E-state index contributed by atoms with van der Waals surface area (Å²) < 4.78 is 0. The average Bonchev–Trinajstić information content (AvgIpc) is 2.92. The van der Waals surface area contributed by atoms with Crippen molar-refractivity contribution in [1.82, 2.24) is 5.32 Å². The first-order valence-corrected chi connectivity index (χ1v) is 7.68. The maximum Gasteiger partial charge on any atom is 0.251 e. The molecule has 0 spiro atoms. The summed E-state index contributed by atoms with van der Waals surface area (Å²) in [5.41, 5.74) is 3.21. The molecule has 3 heteroatoms. The zero-order chi connectivity index (χ0) is 13.9. The van der Waals surface area contributed by atoms with E-state index in [2.05, 4.69) is 25.2 Å². The topological polar surface area (TPSA) is 29.1 Å². The fourth-order valence-corrected chi connectivity index (χ4v) is 3.12. The van der Waals surface area contributed by atoms with Gasteiger partial charge in [-0.2, -0.15) is 0 Å². The second kappa shape index (κ2) is 5.96. The van der Waals surface area contributed by atoms with Crippen LogP contribution in [0.5, 0.6) is 0 Å². The largest absolute Gasteiger partial charge is 0.345 e. The Hall–Kier alpha value is -1.02. The Morgan fingerprint density at radius 1 is 1.26 bits per heavy atom. The first kappa shape index (κ1) is 14.4. The highest BCUT2D eigenvalue weighted by Gasteiger charge is 2.27. The summed E-state index contributed by atoms with van der Waals surface area (Å²) in [4.78, 5) is 12.4. The zero-order valence-corrected chi connectivity index (χ0v) is 12.5. The molecule has 2 nitrogen and oxygen atoms in total. The minimum atomic E-state index is -0.280. The summed E-state index contributed by atoms with van der Waals surface area (Å²) in [5, 5.41) is 3.12. The molecule has 2 rings (SSSR count). The van der Waals surface area contributed by atoms with E-state index in [1.54, 1.807) is 0 Å². The molecule has 0 fully saturated rings. The number of benzene rings is 1. The van der Waals surface area contributed by atoms with Gasteiger partial charge < -0.3 is 5.32 Å². The van der Waals surface area contributed by atoms with Crippen molar-refractivity contribution in [2.75, 3.05) is 5.88 Å². The summed E-state index contributed by atoms with van der Waals surface area (Å²) in [6.07, 6.45) is 5.15. The zero-order valence-electron chi connectivity index (χ0n) is 11.8. The van der Waals surface area contributed by atoms with Gasteiger partial charge in [0.05, 0.1) is 5.54 Å². The number of halogens is 1. The molecular weight excluding hydrogens is 258 g/mol. The third-order valence-electron chi connectivity index (χ3n) is 4.35. The molecule has 1 aromatic rings. The molecule has 1 aliphatic carbocycles. The van der Waals surface area contributed by atoms with Gasteiger partial charge in [-0.15, -0.1) is 11.6 Å². The molecule has 0 saturated heterocycles. The van der Waals surface area contributed by atoms with Crippen molar-refractivity contribution in [1.29, 1.82) is 0 Å². The third-order valence-corrected chi connectivity index (χ3v) is 4.86. The van der Waals surface area contributed by atoms with Crippen molar-refractivity contribution in [2.24, 2.45) is 0 Å². The number of amides is 1. The molecule has 1 N–H and O–H groups in total. The molecule has 0 atom stereocenters. The van der Waals surface area contributed by atoms with Gasteiger partial charge in [-0.25, -0.2) is 0 Å². The molecular formula is C16H22ClNO. The molecule has 0 saturated carbocycles. The minimum Gasteiger partial charge on any atom is -0.345 e. The molecule has 0 bridgehead atoms. The van der Waals surface area contributed by atoms with E-state index in [9.17, 15) is 4.79 Å². The lowest BCUT2D eigenvalue weighted by atomic mass is 9.94. The number of alkyl halides is 1. The highest BCUT2D eigenvalue weighted by molar-refractivity contribution is 6.19. The second-order valence-electron chi connectivity index (χ2n) is 5.41. The van der Waals surface area contributed by atoms with Crippen LogP contribution < -0.4 is 5.32 Å². The SMILES string of the molecule is CCC(CC)(CCl)NC(=O)c1ccc2c(c1)CCC2. The molecule has 0 aliphatic heterocycles. The number of nitrogens with one attached hydrogen (secondary N) is 1. The van der Waals surface area contributed by atoms with E-state index < -0.39 is 0 Å². The van der Waals surface area contributed by atoms with E-state index in [1.165, 1.54) is 17.5 Å². The van der Waals surface area contributed by atoms with Gasteiger partial charge in [-0.3, -0.25) is 4.79 Å². The molecule has 104 valence electrons. The van der Waals surface area contributed by atoms with E-state index in [4.69, 9.17) is 11.6 Å². The number of hydrogen-bond acceptors (Lipinski definition) is 1. The smallest absolute Gasteiger partial charge is 0.251 e. The van der Waals surface area contributed by atoms with Crippen LogP contribution in [0.2, 0.25) is 0 Å². The Bertz CT molecular complexity index is 458. The lowest BCUT2D eigenvalue weighted by molar-refractivity contribution is 0.0902. The second-order valence-corrected chi connectivity index (χ2v) is 5.68. The fraction of sp³-hybridized carbons (Fsp3) is 0.562. The number of hydrogen-bond donors (Lipinski definition) is 1. The first-order valence-electron chi connectivity index (χ1n) is 7.14. The fourth-order valence-electron chi connectivity index (χ4n) is 2.68. The first-order chi connectivity index (χ1) is 9.14. The van der Waals surface area contributed by atoms with E-state index in [0.29, 0.717) is 5.88 Å². The molecule has 1 aromatic carbocycles. The molecule has 0 aromatic heterocycles. The third kappa shape index (κ3) is 2.94. The van der Waals surface area contributed by atoms with Gasteiger partial charge >= 0.3 is 0 Å². The Labute approximate surface area is 120 Å². The van der Waals surface area contributed by atoms with Crippen LogP contribution in [-0.2, 0) is 12.8 Å². The van der Waals surface area contributed by atoms with Gasteiger partial charge in [0.2, 0.25) is 0 Å². The monoisotopic (exact) mass is 279 g/mol. The van der Waals surface area contributed by atoms with Crippen LogP contribution in [0.15, 0.2) is 18.2 Å². The maximum absolute atomic E-state index is 12.4. The minimum absolute atomic E-state index is 0.000880. The lowest BCUT2D eigenvalue weighted by Gasteiger charge is -2.30. The van der Waals surface area contributed by atoms with Crippen LogP contribution in [0.1, 0.15) is 54.6 Å². The Balaban J connectivity index is 2.16. The highest BCUT2D eigenvalue weighted by atomic mass is 35.5. The van der Waals surface area contributed by atoms with E-state index in [0.717, 1.165) is 31.2 Å². The molecule has 0 unspecified atom stereocenters. The summed E-state index contributed by atoms with van der Waals surface area (Å²) in [5.74, 6) is 0.454. The van der Waals surface area contributed by atoms with Crippen molar-refractivity contribution in [2.45, 2.75) is 51.5 Å². The van der Waals surface area contributed by atoms with Gasteiger partial charge in [-0.1, -0.05) is 19.9 Å². The normalized spacial score (nSPS) is 14.3. The maximum atomic E-state index is 12.4. The predicted octanol–water partition coefficient (Wildman–Crippen LogP) is 3.70. The predicted molar refractivity (Wildman–Crippen MR) is 80.0 cm³/mol. The van der Waals surface area contributed by atoms with Gasteiger partial charge in [0.25, 0.3) is 5.91 Å². The molecule has 19 heavy (non-hydrogen) atoms. The van der Waals surface area contributed by atoms with Crippen molar-refractivity contribution in [3.8, 4) is 0 Å². The average molecular weight is 280 g/mol. The van der Waals surface area contributed by atoms with Crippen LogP contribution in [0, 0.1) is 0 Å². The van der Waals surface area contributed by atoms with Crippen molar-refractivity contribution < 1.29 is 4.79 Å². The summed E-state index contributed by atoms with van der Waals surface area (Å²) in [7, 11) is 0. The van der Waals surface area contributed by atoms with Crippen LogP contribution in [0.25, 0.3) is 0 Å². The van der Waals surface area contributed by atoms with E-state index in [-0.39, 0.29) is 11.4 Å². The van der Waals surface area contributed by atoms with Gasteiger partial charge in [0, 0.05) is 11.4 Å². The van der Waals surface area contributed by atoms with E-state index >= 15 is 0 Å². The van der Waals surface area contributed by atoms with Crippen LogP contribution in [0.3, 0.4) is 0 Å². The summed E-state index contributed by atoms with van der Waals surface area (Å²) in [6.45, 7) is 4.13. The Morgan fingerprint density at radius 3 is 2.58 bits per heavy atom. The van der Waals surface area contributed by atoms with Gasteiger partial charge in [-0.05, 0) is 55.4 Å².